The molecular formula is C21H31N5O2. The van der Waals surface area contributed by atoms with E-state index in [0.717, 1.165) is 30.0 Å². The molecule has 0 saturated carbocycles. The van der Waals surface area contributed by atoms with Crippen LogP contribution in [0.3, 0.4) is 0 Å². The van der Waals surface area contributed by atoms with E-state index in [-0.39, 0.29) is 11.9 Å². The topological polar surface area (TPSA) is 91.5 Å². The molecule has 28 heavy (non-hydrogen) atoms. The molecule has 0 saturated heterocycles. The molecule has 0 radical (unpaired) electrons. The minimum Gasteiger partial charge on any atom is -0.444 e. The van der Waals surface area contributed by atoms with E-state index in [1.165, 1.54) is 0 Å². The minimum absolute atomic E-state index is 0.0557. The Kier molecular flexibility index (Phi) is 8.04. The van der Waals surface area contributed by atoms with E-state index in [1.807, 2.05) is 58.9 Å². The van der Waals surface area contributed by atoms with Crippen molar-refractivity contribution in [2.45, 2.75) is 60.2 Å². The van der Waals surface area contributed by atoms with Crippen LogP contribution < -0.4 is 16.0 Å². The molecule has 0 spiro atoms. The Balaban J connectivity index is 2.01. The van der Waals surface area contributed by atoms with Gasteiger partial charge in [-0.15, -0.1) is 0 Å². The molecule has 2 rings (SSSR count). The number of nitrogens with one attached hydrogen (secondary N) is 3. The fraction of sp³-hybridized carbons (Fsp3) is 0.476. The molecule has 2 aromatic rings. The smallest absolute Gasteiger partial charge is 0.251 e. The van der Waals surface area contributed by atoms with Crippen LogP contribution in [0.25, 0.3) is 0 Å². The summed E-state index contributed by atoms with van der Waals surface area (Å²) in [5.41, 5.74) is 2.51. The van der Waals surface area contributed by atoms with Crippen molar-refractivity contribution >= 4 is 11.9 Å². The lowest BCUT2D eigenvalue weighted by atomic mass is 10.1. The van der Waals surface area contributed by atoms with Crippen LogP contribution in [0.5, 0.6) is 0 Å². The van der Waals surface area contributed by atoms with E-state index in [0.29, 0.717) is 30.5 Å². The number of nitrogens with zero attached hydrogens (tertiary/aromatic N) is 2. The fourth-order valence-electron chi connectivity index (χ4n) is 2.51. The van der Waals surface area contributed by atoms with Crippen LogP contribution in [0.1, 0.15) is 60.5 Å². The number of carbonyl (C=O) groups excluding carboxylic acids is 1. The molecule has 7 heteroatoms. The first kappa shape index (κ1) is 21.5. The molecule has 1 unspecified atom stereocenters. The average molecular weight is 386 g/mol. The molecule has 0 fully saturated rings. The van der Waals surface area contributed by atoms with E-state index in [1.54, 1.807) is 0 Å². The standard InChI is InChI=1S/C21H31N5O2/c1-6-14(3)25-20(27)18-10-8-9-17(11-18)12-23-21(22-7-2)24-13-19-26-15(4)16(5)28-19/h8-11,14H,6-7,12-13H2,1-5H3,(H,25,27)(H2,22,23,24). The fourth-order valence-corrected chi connectivity index (χ4v) is 2.51. The highest BCUT2D eigenvalue weighted by Gasteiger charge is 2.09. The molecule has 1 aromatic heterocycles. The van der Waals surface area contributed by atoms with Crippen LogP contribution in [-0.4, -0.2) is 29.4 Å². The summed E-state index contributed by atoms with van der Waals surface area (Å²) in [7, 11) is 0. The molecule has 7 nitrogen and oxygen atoms in total. The second kappa shape index (κ2) is 10.5. The highest BCUT2D eigenvalue weighted by Crippen LogP contribution is 2.09. The van der Waals surface area contributed by atoms with Crippen molar-refractivity contribution in [3.8, 4) is 0 Å². The lowest BCUT2D eigenvalue weighted by molar-refractivity contribution is 0.0939. The van der Waals surface area contributed by atoms with Crippen LogP contribution in [0, 0.1) is 13.8 Å². The average Bonchev–Trinajstić information content (AvgIpc) is 3.01. The zero-order valence-electron chi connectivity index (χ0n) is 17.4. The predicted octanol–water partition coefficient (Wildman–Crippen LogP) is 3.08. The second-order valence-corrected chi connectivity index (χ2v) is 6.78. The molecule has 0 aliphatic rings. The van der Waals surface area contributed by atoms with E-state index in [9.17, 15) is 4.79 Å². The molecular weight excluding hydrogens is 354 g/mol. The van der Waals surface area contributed by atoms with Crippen molar-refractivity contribution in [3.63, 3.8) is 0 Å². The van der Waals surface area contributed by atoms with Crippen molar-refractivity contribution in [2.75, 3.05) is 6.54 Å². The van der Waals surface area contributed by atoms with Gasteiger partial charge in [0.05, 0.1) is 18.8 Å². The van der Waals surface area contributed by atoms with Crippen molar-refractivity contribution < 1.29 is 9.21 Å². The van der Waals surface area contributed by atoms with Gasteiger partial charge < -0.3 is 20.4 Å². The Morgan fingerprint density at radius 2 is 2.04 bits per heavy atom. The first-order valence-corrected chi connectivity index (χ1v) is 9.77. The Hall–Kier alpha value is -2.83. The number of benzene rings is 1. The number of aryl methyl sites for hydroxylation is 2. The van der Waals surface area contributed by atoms with Gasteiger partial charge in [0.25, 0.3) is 5.91 Å². The van der Waals surface area contributed by atoms with Gasteiger partial charge in [-0.05, 0) is 51.8 Å². The van der Waals surface area contributed by atoms with Gasteiger partial charge in [0, 0.05) is 18.2 Å². The summed E-state index contributed by atoms with van der Waals surface area (Å²) in [5.74, 6) is 2.07. The van der Waals surface area contributed by atoms with Gasteiger partial charge in [-0.3, -0.25) is 4.79 Å². The van der Waals surface area contributed by atoms with Gasteiger partial charge in [0.15, 0.2) is 5.96 Å². The Morgan fingerprint density at radius 1 is 1.25 bits per heavy atom. The third-order valence-corrected chi connectivity index (χ3v) is 4.42. The zero-order chi connectivity index (χ0) is 20.5. The van der Waals surface area contributed by atoms with Crippen LogP contribution in [0.15, 0.2) is 33.7 Å². The van der Waals surface area contributed by atoms with Gasteiger partial charge in [-0.25, -0.2) is 9.98 Å². The zero-order valence-corrected chi connectivity index (χ0v) is 17.4. The summed E-state index contributed by atoms with van der Waals surface area (Å²) in [4.78, 5) is 21.3. The van der Waals surface area contributed by atoms with Crippen LogP contribution in [0.2, 0.25) is 0 Å². The number of guanidine groups is 1. The van der Waals surface area contributed by atoms with Gasteiger partial charge in [0.2, 0.25) is 5.89 Å². The van der Waals surface area contributed by atoms with Gasteiger partial charge >= 0.3 is 0 Å². The van der Waals surface area contributed by atoms with Crippen LogP contribution in [-0.2, 0) is 13.1 Å². The first-order valence-electron chi connectivity index (χ1n) is 9.77. The lowest BCUT2D eigenvalue weighted by Crippen LogP contribution is -2.36. The summed E-state index contributed by atoms with van der Waals surface area (Å²) < 4.78 is 5.59. The van der Waals surface area contributed by atoms with E-state index >= 15 is 0 Å². The van der Waals surface area contributed by atoms with Gasteiger partial charge in [-0.1, -0.05) is 19.1 Å². The molecule has 0 aliphatic carbocycles. The summed E-state index contributed by atoms with van der Waals surface area (Å²) in [6, 6.07) is 7.71. The molecule has 0 aliphatic heterocycles. The van der Waals surface area contributed by atoms with E-state index < -0.39 is 0 Å². The maximum absolute atomic E-state index is 12.3. The summed E-state index contributed by atoms with van der Waals surface area (Å²) >= 11 is 0. The summed E-state index contributed by atoms with van der Waals surface area (Å²) in [5, 5.41) is 9.41. The van der Waals surface area contributed by atoms with Crippen molar-refractivity contribution in [1.82, 2.24) is 20.9 Å². The van der Waals surface area contributed by atoms with E-state index in [4.69, 9.17) is 4.42 Å². The molecule has 0 bridgehead atoms. The van der Waals surface area contributed by atoms with Crippen LogP contribution in [0.4, 0.5) is 0 Å². The molecule has 3 N–H and O–H groups in total. The number of carbonyl (C=O) groups is 1. The Labute approximate surface area is 167 Å². The highest BCUT2D eigenvalue weighted by atomic mass is 16.4. The third-order valence-electron chi connectivity index (χ3n) is 4.42. The largest absolute Gasteiger partial charge is 0.444 e. The number of aliphatic imine (C=N–C) groups is 1. The lowest BCUT2D eigenvalue weighted by Gasteiger charge is -2.12. The summed E-state index contributed by atoms with van der Waals surface area (Å²) in [6.45, 7) is 11.5. The third kappa shape index (κ3) is 6.40. The first-order chi connectivity index (χ1) is 13.4. The molecule has 1 atom stereocenters. The number of oxazole rings is 1. The predicted molar refractivity (Wildman–Crippen MR) is 111 cm³/mol. The van der Waals surface area contributed by atoms with Gasteiger partial charge in [0.1, 0.15) is 5.76 Å². The van der Waals surface area contributed by atoms with Crippen LogP contribution >= 0.6 is 0 Å². The van der Waals surface area contributed by atoms with E-state index in [2.05, 4.69) is 25.9 Å². The quantitative estimate of drug-likeness (QED) is 0.480. The molecule has 1 aromatic carbocycles. The normalized spacial score (nSPS) is 12.5. The van der Waals surface area contributed by atoms with Crippen molar-refractivity contribution in [3.05, 3.63) is 52.7 Å². The number of aromatic nitrogens is 1. The number of amides is 1. The monoisotopic (exact) mass is 385 g/mol. The Bertz CT molecular complexity index is 793. The van der Waals surface area contributed by atoms with Gasteiger partial charge in [-0.2, -0.15) is 0 Å². The molecule has 1 heterocycles. The highest BCUT2D eigenvalue weighted by molar-refractivity contribution is 5.94. The SMILES string of the molecule is CCNC(=NCc1cccc(C(=O)NC(C)CC)c1)NCc1nc(C)c(C)o1. The van der Waals surface area contributed by atoms with Crippen molar-refractivity contribution in [1.29, 1.82) is 0 Å². The molecule has 1 amide bonds. The number of rotatable bonds is 8. The second-order valence-electron chi connectivity index (χ2n) is 6.78. The number of hydrogen-bond acceptors (Lipinski definition) is 4. The maximum atomic E-state index is 12.3. The van der Waals surface area contributed by atoms with Crippen molar-refractivity contribution in [2.24, 2.45) is 4.99 Å². The maximum Gasteiger partial charge on any atom is 0.251 e. The number of hydrogen-bond donors (Lipinski definition) is 3. The summed E-state index contributed by atoms with van der Waals surface area (Å²) in [6.07, 6.45) is 0.900. The Morgan fingerprint density at radius 3 is 2.68 bits per heavy atom. The minimum atomic E-state index is -0.0557. The molecule has 152 valence electrons.